The summed E-state index contributed by atoms with van der Waals surface area (Å²) in [6.07, 6.45) is 7.04. The van der Waals surface area contributed by atoms with Crippen molar-refractivity contribution in [3.8, 4) is 0 Å². The van der Waals surface area contributed by atoms with Gasteiger partial charge in [0.25, 0.3) is 17.7 Å². The van der Waals surface area contributed by atoms with E-state index in [1.165, 1.54) is 12.7 Å². The van der Waals surface area contributed by atoms with E-state index in [1.807, 2.05) is 7.05 Å². The van der Waals surface area contributed by atoms with Crippen LogP contribution in [0.4, 0.5) is 0 Å². The first-order valence-electron chi connectivity index (χ1n) is 9.36. The molecule has 1 aliphatic heterocycles. The van der Waals surface area contributed by atoms with E-state index in [1.54, 1.807) is 35.2 Å². The maximum atomic E-state index is 12.9. The van der Waals surface area contributed by atoms with Gasteiger partial charge in [0.15, 0.2) is 0 Å². The van der Waals surface area contributed by atoms with Gasteiger partial charge in [0.2, 0.25) is 0 Å². The molecule has 6 nitrogen and oxygen atoms in total. The maximum absolute atomic E-state index is 12.9. The Hall–Kier alpha value is -2.89. The van der Waals surface area contributed by atoms with Gasteiger partial charge < -0.3 is 9.32 Å². The van der Waals surface area contributed by atoms with Gasteiger partial charge in [0.1, 0.15) is 5.76 Å². The molecule has 2 heterocycles. The summed E-state index contributed by atoms with van der Waals surface area (Å²) in [5.74, 6) is -0.306. The second kappa shape index (κ2) is 7.02. The molecule has 1 saturated carbocycles. The minimum Gasteiger partial charge on any atom is -0.467 e. The van der Waals surface area contributed by atoms with Crippen LogP contribution in [0.5, 0.6) is 0 Å². The summed E-state index contributed by atoms with van der Waals surface area (Å²) in [5.41, 5.74) is 1.07. The highest BCUT2D eigenvalue weighted by Crippen LogP contribution is 2.27. The van der Waals surface area contributed by atoms with Crippen molar-refractivity contribution in [3.63, 3.8) is 0 Å². The van der Waals surface area contributed by atoms with E-state index in [0.717, 1.165) is 30.6 Å². The van der Waals surface area contributed by atoms with Crippen molar-refractivity contribution < 1.29 is 18.8 Å². The Morgan fingerprint density at radius 3 is 2.56 bits per heavy atom. The molecule has 0 N–H and O–H groups in total. The normalized spacial score (nSPS) is 17.3. The number of furan rings is 1. The predicted molar refractivity (Wildman–Crippen MR) is 98.3 cm³/mol. The Morgan fingerprint density at radius 1 is 1.11 bits per heavy atom. The summed E-state index contributed by atoms with van der Waals surface area (Å²) in [6.45, 7) is 0.0879. The Morgan fingerprint density at radius 2 is 1.85 bits per heavy atom. The fourth-order valence-corrected chi connectivity index (χ4v) is 3.96. The van der Waals surface area contributed by atoms with E-state index in [-0.39, 0.29) is 35.9 Å². The topological polar surface area (TPSA) is 70.8 Å². The van der Waals surface area contributed by atoms with Crippen molar-refractivity contribution in [1.29, 1.82) is 0 Å². The van der Waals surface area contributed by atoms with Crippen molar-refractivity contribution in [2.24, 2.45) is 0 Å². The van der Waals surface area contributed by atoms with E-state index in [0.29, 0.717) is 16.9 Å². The lowest BCUT2D eigenvalue weighted by Crippen LogP contribution is -2.38. The number of fused-ring (bicyclic) bond motifs is 1. The van der Waals surface area contributed by atoms with Crippen LogP contribution in [-0.4, -0.2) is 40.6 Å². The maximum Gasteiger partial charge on any atom is 0.261 e. The van der Waals surface area contributed by atoms with E-state index in [2.05, 4.69) is 0 Å². The molecular weight excluding hydrogens is 344 g/mol. The van der Waals surface area contributed by atoms with Gasteiger partial charge in [0, 0.05) is 18.7 Å². The van der Waals surface area contributed by atoms with E-state index < -0.39 is 0 Å². The number of carbonyl (C=O) groups excluding carboxylic acids is 3. The molecule has 0 spiro atoms. The number of hydrogen-bond acceptors (Lipinski definition) is 4. The molecule has 27 heavy (non-hydrogen) atoms. The van der Waals surface area contributed by atoms with Crippen LogP contribution in [-0.2, 0) is 6.54 Å². The zero-order valence-electron chi connectivity index (χ0n) is 15.3. The van der Waals surface area contributed by atoms with Gasteiger partial charge in [-0.05, 0) is 43.2 Å². The summed E-state index contributed by atoms with van der Waals surface area (Å²) in [4.78, 5) is 41.1. The summed E-state index contributed by atoms with van der Waals surface area (Å²) in [5, 5.41) is 0. The quantitative estimate of drug-likeness (QED) is 0.777. The second-order valence-corrected chi connectivity index (χ2v) is 7.24. The van der Waals surface area contributed by atoms with Crippen LogP contribution in [0, 0.1) is 0 Å². The van der Waals surface area contributed by atoms with Gasteiger partial charge in [-0.1, -0.05) is 19.3 Å². The van der Waals surface area contributed by atoms with E-state index in [9.17, 15) is 14.4 Å². The minimum absolute atomic E-state index is 0.0879. The van der Waals surface area contributed by atoms with Crippen LogP contribution >= 0.6 is 0 Å². The van der Waals surface area contributed by atoms with Gasteiger partial charge in [0.05, 0.1) is 23.9 Å². The first-order chi connectivity index (χ1) is 13.1. The molecule has 1 fully saturated rings. The molecule has 0 unspecified atom stereocenters. The highest BCUT2D eigenvalue weighted by molar-refractivity contribution is 6.22. The van der Waals surface area contributed by atoms with Gasteiger partial charge in [-0.15, -0.1) is 0 Å². The zero-order valence-corrected chi connectivity index (χ0v) is 15.3. The third-order valence-corrected chi connectivity index (χ3v) is 5.55. The lowest BCUT2D eigenvalue weighted by molar-refractivity contribution is 0.0631. The lowest BCUT2D eigenvalue weighted by Gasteiger charge is -2.31. The summed E-state index contributed by atoms with van der Waals surface area (Å²) in [7, 11) is 1.82. The molecule has 6 heteroatoms. The van der Waals surface area contributed by atoms with Gasteiger partial charge in [-0.3, -0.25) is 19.3 Å². The highest BCUT2D eigenvalue weighted by atomic mass is 16.3. The zero-order chi connectivity index (χ0) is 19.0. The molecule has 0 saturated heterocycles. The molecule has 0 bridgehead atoms. The number of nitrogens with zero attached hydrogens (tertiary/aromatic N) is 2. The summed E-state index contributed by atoms with van der Waals surface area (Å²) >= 11 is 0. The van der Waals surface area contributed by atoms with Crippen molar-refractivity contribution in [1.82, 2.24) is 9.80 Å². The Bertz CT molecular complexity index is 882. The van der Waals surface area contributed by atoms with Crippen LogP contribution in [0.15, 0.2) is 41.0 Å². The van der Waals surface area contributed by atoms with Crippen molar-refractivity contribution in [3.05, 3.63) is 59.0 Å². The number of imide groups is 1. The van der Waals surface area contributed by atoms with Crippen LogP contribution in [0.1, 0.15) is 68.9 Å². The Labute approximate surface area is 157 Å². The van der Waals surface area contributed by atoms with Crippen molar-refractivity contribution in [2.45, 2.75) is 44.7 Å². The van der Waals surface area contributed by atoms with E-state index in [4.69, 9.17) is 4.42 Å². The molecule has 1 aromatic heterocycles. The van der Waals surface area contributed by atoms with Gasteiger partial charge in [-0.2, -0.15) is 0 Å². The molecule has 2 aliphatic rings. The SMILES string of the molecule is CN(C(=O)c1ccc2c(c1)C(=O)N(Cc1ccco1)C2=O)C1CCCCC1. The average Bonchev–Trinajstić information content (AvgIpc) is 3.30. The van der Waals surface area contributed by atoms with Crippen molar-refractivity contribution >= 4 is 17.7 Å². The molecule has 0 radical (unpaired) electrons. The van der Waals surface area contributed by atoms with Crippen LogP contribution in [0.25, 0.3) is 0 Å². The van der Waals surface area contributed by atoms with Crippen molar-refractivity contribution in [2.75, 3.05) is 7.05 Å². The first-order valence-corrected chi connectivity index (χ1v) is 9.36. The van der Waals surface area contributed by atoms with Crippen LogP contribution in [0.2, 0.25) is 0 Å². The van der Waals surface area contributed by atoms with Crippen LogP contribution < -0.4 is 0 Å². The largest absolute Gasteiger partial charge is 0.467 e. The molecule has 140 valence electrons. The molecule has 3 amide bonds. The summed E-state index contributed by atoms with van der Waals surface area (Å²) in [6, 6.07) is 8.46. The third-order valence-electron chi connectivity index (χ3n) is 5.55. The highest BCUT2D eigenvalue weighted by Gasteiger charge is 2.37. The summed E-state index contributed by atoms with van der Waals surface area (Å²) < 4.78 is 5.24. The molecule has 1 aromatic carbocycles. The van der Waals surface area contributed by atoms with Gasteiger partial charge >= 0.3 is 0 Å². The number of benzene rings is 1. The minimum atomic E-state index is -0.388. The number of hydrogen-bond donors (Lipinski definition) is 0. The fourth-order valence-electron chi connectivity index (χ4n) is 3.96. The standard InChI is InChI=1S/C21H22N2O4/c1-22(15-6-3-2-4-7-15)19(24)14-9-10-17-18(12-14)21(26)23(20(17)25)13-16-8-5-11-27-16/h5,8-12,15H,2-4,6-7,13H2,1H3. The Balaban J connectivity index is 1.56. The third kappa shape index (κ3) is 3.16. The Kier molecular flexibility index (Phi) is 4.56. The number of amides is 3. The van der Waals surface area contributed by atoms with Crippen LogP contribution in [0.3, 0.4) is 0 Å². The number of carbonyl (C=O) groups is 3. The first kappa shape index (κ1) is 17.5. The smallest absolute Gasteiger partial charge is 0.261 e. The predicted octanol–water partition coefficient (Wildman–Crippen LogP) is 3.48. The second-order valence-electron chi connectivity index (χ2n) is 7.24. The molecule has 0 atom stereocenters. The molecule has 4 rings (SSSR count). The lowest BCUT2D eigenvalue weighted by atomic mass is 9.94. The molecule has 1 aliphatic carbocycles. The fraction of sp³-hybridized carbons (Fsp3) is 0.381. The van der Waals surface area contributed by atoms with E-state index >= 15 is 0 Å². The molecule has 2 aromatic rings. The average molecular weight is 366 g/mol. The number of rotatable bonds is 4. The monoisotopic (exact) mass is 366 g/mol. The van der Waals surface area contributed by atoms with Gasteiger partial charge in [-0.25, -0.2) is 0 Å². The molecular formula is C21H22N2O4.